The first-order chi connectivity index (χ1) is 6.00. The van der Waals surface area contributed by atoms with Crippen molar-refractivity contribution in [2.75, 3.05) is 0 Å². The summed E-state index contributed by atoms with van der Waals surface area (Å²) in [5.41, 5.74) is 0.178. The zero-order chi connectivity index (χ0) is 10.0. The van der Waals surface area contributed by atoms with Gasteiger partial charge in [0.25, 0.3) is 0 Å². The molecule has 0 radical (unpaired) electrons. The number of aromatic nitrogens is 1. The molecule has 0 aliphatic carbocycles. The third-order valence-corrected chi connectivity index (χ3v) is 1.80. The van der Waals surface area contributed by atoms with Gasteiger partial charge in [-0.05, 0) is 6.92 Å². The van der Waals surface area contributed by atoms with Crippen molar-refractivity contribution in [3.63, 3.8) is 0 Å². The molecule has 0 aliphatic heterocycles. The van der Waals surface area contributed by atoms with Gasteiger partial charge < -0.3 is 9.67 Å². The third-order valence-electron chi connectivity index (χ3n) is 1.53. The van der Waals surface area contributed by atoms with Crippen LogP contribution in [0.15, 0.2) is 17.2 Å². The number of hydrogen-bond donors (Lipinski definition) is 1. The molecule has 70 valence electrons. The minimum atomic E-state index is -0.973. The minimum Gasteiger partial charge on any atom is -0.480 e. The normalized spacial score (nSPS) is 10.0. The van der Waals surface area contributed by atoms with E-state index in [9.17, 15) is 9.59 Å². The SMILES string of the molecule is Cc1cn(CC(=O)O)cc(Cl)c1=O. The number of aliphatic carboxylic acids is 1. The molecule has 1 N–H and O–H groups in total. The Bertz CT molecular complexity index is 371. The van der Waals surface area contributed by atoms with Crippen LogP contribution in [0.1, 0.15) is 5.56 Å². The molecule has 0 amide bonds. The van der Waals surface area contributed by atoms with Gasteiger partial charge in [0.05, 0.1) is 0 Å². The van der Waals surface area contributed by atoms with Crippen LogP contribution >= 0.6 is 11.6 Å². The van der Waals surface area contributed by atoms with E-state index in [0.717, 1.165) is 0 Å². The Hall–Kier alpha value is -1.29. The van der Waals surface area contributed by atoms with Crippen LogP contribution in [-0.2, 0) is 11.3 Å². The zero-order valence-corrected chi connectivity index (χ0v) is 7.71. The van der Waals surface area contributed by atoms with Gasteiger partial charge in [-0.2, -0.15) is 0 Å². The highest BCUT2D eigenvalue weighted by Crippen LogP contribution is 2.02. The second-order valence-corrected chi connectivity index (χ2v) is 3.09. The lowest BCUT2D eigenvalue weighted by atomic mass is 10.3. The summed E-state index contributed by atoms with van der Waals surface area (Å²) >= 11 is 5.58. The van der Waals surface area contributed by atoms with Crippen molar-refractivity contribution in [1.29, 1.82) is 0 Å². The predicted molar refractivity (Wildman–Crippen MR) is 48.1 cm³/mol. The molecule has 0 unspecified atom stereocenters. The minimum absolute atomic E-state index is 0.0428. The lowest BCUT2D eigenvalue weighted by Gasteiger charge is -2.03. The molecule has 13 heavy (non-hydrogen) atoms. The molecule has 0 atom stereocenters. The van der Waals surface area contributed by atoms with E-state index in [4.69, 9.17) is 16.7 Å². The van der Waals surface area contributed by atoms with Gasteiger partial charge in [0.2, 0.25) is 5.43 Å². The lowest BCUT2D eigenvalue weighted by molar-refractivity contribution is -0.137. The lowest BCUT2D eigenvalue weighted by Crippen LogP contribution is -2.14. The van der Waals surface area contributed by atoms with E-state index < -0.39 is 5.97 Å². The van der Waals surface area contributed by atoms with Gasteiger partial charge >= 0.3 is 5.97 Å². The van der Waals surface area contributed by atoms with Gasteiger partial charge in [0.15, 0.2) is 0 Å². The van der Waals surface area contributed by atoms with Crippen LogP contribution in [0.4, 0.5) is 0 Å². The van der Waals surface area contributed by atoms with E-state index in [1.807, 2.05) is 0 Å². The fourth-order valence-corrected chi connectivity index (χ4v) is 1.26. The van der Waals surface area contributed by atoms with Gasteiger partial charge in [-0.3, -0.25) is 9.59 Å². The number of rotatable bonds is 2. The molecule has 0 spiro atoms. The van der Waals surface area contributed by atoms with Crippen molar-refractivity contribution in [3.05, 3.63) is 33.2 Å². The molecule has 5 heteroatoms. The van der Waals surface area contributed by atoms with E-state index in [0.29, 0.717) is 5.56 Å². The summed E-state index contributed by atoms with van der Waals surface area (Å²) in [6, 6.07) is 0. The van der Waals surface area contributed by atoms with Crippen LogP contribution < -0.4 is 5.43 Å². The second-order valence-electron chi connectivity index (χ2n) is 2.68. The van der Waals surface area contributed by atoms with Gasteiger partial charge in [-0.15, -0.1) is 0 Å². The average Bonchev–Trinajstić information content (AvgIpc) is 1.98. The monoisotopic (exact) mass is 201 g/mol. The Labute approximate surface area is 79.4 Å². The molecular formula is C8H8ClNO3. The molecule has 0 aromatic carbocycles. The summed E-state index contributed by atoms with van der Waals surface area (Å²) in [5, 5.41) is 8.52. The molecule has 1 rings (SSSR count). The average molecular weight is 202 g/mol. The number of carboxylic acids is 1. The Kier molecular flexibility index (Phi) is 2.72. The Balaban J connectivity index is 3.13. The first kappa shape index (κ1) is 9.80. The van der Waals surface area contributed by atoms with E-state index in [-0.39, 0.29) is 17.0 Å². The molecule has 0 aliphatic rings. The van der Waals surface area contributed by atoms with Gasteiger partial charge in [0, 0.05) is 18.0 Å². The highest BCUT2D eigenvalue weighted by Gasteiger charge is 2.03. The summed E-state index contributed by atoms with van der Waals surface area (Å²) in [7, 11) is 0. The molecule has 1 heterocycles. The first-order valence-corrected chi connectivity index (χ1v) is 3.96. The van der Waals surface area contributed by atoms with Crippen LogP contribution in [0.2, 0.25) is 5.02 Å². The number of carboxylic acid groups (broad SMARTS) is 1. The molecular weight excluding hydrogens is 194 g/mol. The highest BCUT2D eigenvalue weighted by molar-refractivity contribution is 6.30. The Morgan fingerprint density at radius 2 is 2.23 bits per heavy atom. The summed E-state index contributed by atoms with van der Waals surface area (Å²) in [6.07, 6.45) is 2.77. The number of carbonyl (C=O) groups is 1. The maximum Gasteiger partial charge on any atom is 0.323 e. The topological polar surface area (TPSA) is 59.3 Å². The number of nitrogens with zero attached hydrogens (tertiary/aromatic N) is 1. The number of hydrogen-bond acceptors (Lipinski definition) is 2. The zero-order valence-electron chi connectivity index (χ0n) is 6.95. The van der Waals surface area contributed by atoms with Crippen LogP contribution in [0.5, 0.6) is 0 Å². The fraction of sp³-hybridized carbons (Fsp3) is 0.250. The Morgan fingerprint density at radius 1 is 1.62 bits per heavy atom. The molecule has 0 bridgehead atoms. The maximum absolute atomic E-state index is 11.1. The van der Waals surface area contributed by atoms with Crippen molar-refractivity contribution in [1.82, 2.24) is 4.57 Å². The standard InChI is InChI=1S/C8H8ClNO3/c1-5-2-10(4-7(11)12)3-6(9)8(5)13/h2-3H,4H2,1H3,(H,11,12). The molecule has 0 fully saturated rings. The third kappa shape index (κ3) is 2.32. The quantitative estimate of drug-likeness (QED) is 0.773. The van der Waals surface area contributed by atoms with E-state index in [1.54, 1.807) is 6.92 Å². The number of aryl methyl sites for hydroxylation is 1. The van der Waals surface area contributed by atoms with Crippen LogP contribution in [-0.4, -0.2) is 15.6 Å². The van der Waals surface area contributed by atoms with Crippen molar-refractivity contribution >= 4 is 17.6 Å². The van der Waals surface area contributed by atoms with Gasteiger partial charge in [0.1, 0.15) is 11.6 Å². The number of pyridine rings is 1. The van der Waals surface area contributed by atoms with E-state index >= 15 is 0 Å². The summed E-state index contributed by atoms with van der Waals surface area (Å²) in [6.45, 7) is 1.40. The summed E-state index contributed by atoms with van der Waals surface area (Å²) < 4.78 is 1.36. The highest BCUT2D eigenvalue weighted by atomic mass is 35.5. The first-order valence-electron chi connectivity index (χ1n) is 3.58. The van der Waals surface area contributed by atoms with Crippen molar-refractivity contribution in [2.24, 2.45) is 0 Å². The van der Waals surface area contributed by atoms with Crippen LogP contribution in [0.25, 0.3) is 0 Å². The largest absolute Gasteiger partial charge is 0.480 e. The molecule has 0 saturated heterocycles. The van der Waals surface area contributed by atoms with Crippen LogP contribution in [0, 0.1) is 6.92 Å². The van der Waals surface area contributed by atoms with Gasteiger partial charge in [-0.25, -0.2) is 0 Å². The van der Waals surface area contributed by atoms with Gasteiger partial charge in [-0.1, -0.05) is 11.6 Å². The molecule has 0 saturated carbocycles. The van der Waals surface area contributed by atoms with Crippen LogP contribution in [0.3, 0.4) is 0 Å². The van der Waals surface area contributed by atoms with E-state index in [1.165, 1.54) is 17.0 Å². The molecule has 1 aromatic heterocycles. The second kappa shape index (κ2) is 3.62. The predicted octanol–water partition coefficient (Wildman–Crippen LogP) is 0.895. The fourth-order valence-electron chi connectivity index (χ4n) is 0.985. The molecule has 4 nitrogen and oxygen atoms in total. The summed E-state index contributed by atoms with van der Waals surface area (Å²) in [5.74, 6) is -0.973. The maximum atomic E-state index is 11.1. The summed E-state index contributed by atoms with van der Waals surface area (Å²) in [4.78, 5) is 21.4. The van der Waals surface area contributed by atoms with Crippen molar-refractivity contribution < 1.29 is 9.90 Å². The Morgan fingerprint density at radius 3 is 2.69 bits per heavy atom. The van der Waals surface area contributed by atoms with E-state index in [2.05, 4.69) is 0 Å². The smallest absolute Gasteiger partial charge is 0.323 e. The van der Waals surface area contributed by atoms with Crippen molar-refractivity contribution in [2.45, 2.75) is 13.5 Å². The van der Waals surface area contributed by atoms with Crippen molar-refractivity contribution in [3.8, 4) is 0 Å². The number of halogens is 1. The molecule has 1 aromatic rings.